The van der Waals surface area contributed by atoms with E-state index in [2.05, 4.69) is 27.1 Å². The molecule has 1 aliphatic rings. The molecule has 1 aromatic heterocycles. The molecule has 0 bridgehead atoms. The predicted molar refractivity (Wildman–Crippen MR) is 91.4 cm³/mol. The highest BCUT2D eigenvalue weighted by Crippen LogP contribution is 2.12. The van der Waals surface area contributed by atoms with Crippen molar-refractivity contribution < 1.29 is 9.18 Å². The summed E-state index contributed by atoms with van der Waals surface area (Å²) in [7, 11) is 2.12. The normalized spacial score (nSPS) is 16.1. The molecule has 0 spiro atoms. The van der Waals surface area contributed by atoms with Crippen LogP contribution in [-0.4, -0.2) is 53.9 Å². The second-order valence-corrected chi connectivity index (χ2v) is 6.03. The van der Waals surface area contributed by atoms with E-state index in [-0.39, 0.29) is 5.56 Å². The SMILES string of the molecule is CN1CCN(Cc2cccc(NC(=O)c3ccccc3F)n2)CC1. The Labute approximate surface area is 141 Å². The molecule has 1 amide bonds. The Hall–Kier alpha value is -2.31. The van der Waals surface area contributed by atoms with E-state index in [1.165, 1.54) is 12.1 Å². The fraction of sp³-hybridized carbons (Fsp3) is 0.333. The third kappa shape index (κ3) is 4.15. The van der Waals surface area contributed by atoms with E-state index in [9.17, 15) is 9.18 Å². The average Bonchev–Trinajstić information content (AvgIpc) is 2.58. The van der Waals surface area contributed by atoms with Gasteiger partial charge in [-0.2, -0.15) is 0 Å². The van der Waals surface area contributed by atoms with Crippen LogP contribution >= 0.6 is 0 Å². The van der Waals surface area contributed by atoms with Crippen molar-refractivity contribution in [2.75, 3.05) is 38.5 Å². The molecule has 0 unspecified atom stereocenters. The highest BCUT2D eigenvalue weighted by molar-refractivity contribution is 6.03. The Morgan fingerprint density at radius 3 is 2.62 bits per heavy atom. The Morgan fingerprint density at radius 1 is 1.12 bits per heavy atom. The van der Waals surface area contributed by atoms with E-state index in [4.69, 9.17) is 0 Å². The number of piperazine rings is 1. The van der Waals surface area contributed by atoms with Gasteiger partial charge >= 0.3 is 0 Å². The minimum absolute atomic E-state index is 0.0174. The molecule has 1 saturated heterocycles. The monoisotopic (exact) mass is 328 g/mol. The van der Waals surface area contributed by atoms with Crippen LogP contribution in [0.5, 0.6) is 0 Å². The van der Waals surface area contributed by atoms with Crippen LogP contribution in [-0.2, 0) is 6.54 Å². The number of hydrogen-bond acceptors (Lipinski definition) is 4. The van der Waals surface area contributed by atoms with Gasteiger partial charge in [-0.1, -0.05) is 18.2 Å². The summed E-state index contributed by atoms with van der Waals surface area (Å²) in [6.07, 6.45) is 0. The maximum absolute atomic E-state index is 13.7. The van der Waals surface area contributed by atoms with Crippen LogP contribution in [0.3, 0.4) is 0 Å². The smallest absolute Gasteiger partial charge is 0.259 e. The topological polar surface area (TPSA) is 48.5 Å². The Kier molecular flexibility index (Phi) is 5.17. The molecule has 1 N–H and O–H groups in total. The summed E-state index contributed by atoms with van der Waals surface area (Å²) in [5.41, 5.74) is 0.912. The van der Waals surface area contributed by atoms with Crippen molar-refractivity contribution in [1.29, 1.82) is 0 Å². The number of pyridine rings is 1. The zero-order valence-electron chi connectivity index (χ0n) is 13.7. The van der Waals surface area contributed by atoms with Crippen molar-refractivity contribution in [2.24, 2.45) is 0 Å². The number of hydrogen-bond donors (Lipinski definition) is 1. The third-order valence-electron chi connectivity index (χ3n) is 4.15. The first-order chi connectivity index (χ1) is 11.6. The van der Waals surface area contributed by atoms with E-state index < -0.39 is 11.7 Å². The first-order valence-corrected chi connectivity index (χ1v) is 8.04. The zero-order chi connectivity index (χ0) is 16.9. The molecule has 2 aromatic rings. The number of anilines is 1. The van der Waals surface area contributed by atoms with Crippen LogP contribution in [0.25, 0.3) is 0 Å². The number of nitrogens with one attached hydrogen (secondary N) is 1. The molecule has 6 heteroatoms. The molecule has 126 valence electrons. The van der Waals surface area contributed by atoms with Gasteiger partial charge in [-0.05, 0) is 31.3 Å². The molecule has 5 nitrogen and oxygen atoms in total. The maximum atomic E-state index is 13.7. The number of rotatable bonds is 4. The summed E-state index contributed by atoms with van der Waals surface area (Å²) in [5.74, 6) is -0.587. The van der Waals surface area contributed by atoms with E-state index >= 15 is 0 Å². The van der Waals surface area contributed by atoms with Gasteiger partial charge in [0.05, 0.1) is 11.3 Å². The van der Waals surface area contributed by atoms with Gasteiger partial charge < -0.3 is 10.2 Å². The number of amides is 1. The van der Waals surface area contributed by atoms with E-state index in [0.29, 0.717) is 5.82 Å². The third-order valence-corrected chi connectivity index (χ3v) is 4.15. The Morgan fingerprint density at radius 2 is 1.88 bits per heavy atom. The lowest BCUT2D eigenvalue weighted by molar-refractivity contribution is 0.102. The minimum Gasteiger partial charge on any atom is -0.306 e. The molecule has 0 atom stereocenters. The molecule has 1 fully saturated rings. The zero-order valence-corrected chi connectivity index (χ0v) is 13.7. The number of benzene rings is 1. The van der Waals surface area contributed by atoms with Crippen molar-refractivity contribution in [2.45, 2.75) is 6.54 Å². The summed E-state index contributed by atoms with van der Waals surface area (Å²) >= 11 is 0. The van der Waals surface area contributed by atoms with Gasteiger partial charge in [0.15, 0.2) is 0 Å². The Balaban J connectivity index is 1.65. The van der Waals surface area contributed by atoms with Crippen LogP contribution < -0.4 is 5.32 Å². The standard InChI is InChI=1S/C18H21FN4O/c1-22-9-11-23(12-10-22)13-14-5-4-8-17(20-14)21-18(24)15-6-2-3-7-16(15)19/h2-8H,9-13H2,1H3,(H,20,21,24). The lowest BCUT2D eigenvalue weighted by Gasteiger charge is -2.32. The number of halogens is 1. The molecule has 1 aromatic carbocycles. The van der Waals surface area contributed by atoms with Gasteiger partial charge in [0.2, 0.25) is 0 Å². The molecule has 0 aliphatic carbocycles. The maximum Gasteiger partial charge on any atom is 0.259 e. The second-order valence-electron chi connectivity index (χ2n) is 6.03. The fourth-order valence-electron chi connectivity index (χ4n) is 2.70. The van der Waals surface area contributed by atoms with Crippen molar-refractivity contribution in [3.8, 4) is 0 Å². The highest BCUT2D eigenvalue weighted by Gasteiger charge is 2.15. The van der Waals surface area contributed by atoms with Crippen LogP contribution in [0.4, 0.5) is 10.2 Å². The molecule has 0 radical (unpaired) electrons. The van der Waals surface area contributed by atoms with Crippen LogP contribution in [0.1, 0.15) is 16.1 Å². The number of aromatic nitrogens is 1. The largest absolute Gasteiger partial charge is 0.306 e. The molecule has 3 rings (SSSR count). The summed E-state index contributed by atoms with van der Waals surface area (Å²) in [5, 5.41) is 2.67. The van der Waals surface area contributed by atoms with Gasteiger partial charge in [-0.25, -0.2) is 9.37 Å². The lowest BCUT2D eigenvalue weighted by atomic mass is 10.2. The van der Waals surface area contributed by atoms with Crippen LogP contribution in [0, 0.1) is 5.82 Å². The van der Waals surface area contributed by atoms with E-state index in [1.807, 2.05) is 12.1 Å². The molecule has 1 aliphatic heterocycles. The minimum atomic E-state index is -0.538. The number of nitrogens with zero attached hydrogens (tertiary/aromatic N) is 3. The van der Waals surface area contributed by atoms with Crippen LogP contribution in [0.2, 0.25) is 0 Å². The Bertz CT molecular complexity index is 714. The molecule has 0 saturated carbocycles. The van der Waals surface area contributed by atoms with Crippen molar-refractivity contribution >= 4 is 11.7 Å². The average molecular weight is 328 g/mol. The van der Waals surface area contributed by atoms with Crippen molar-refractivity contribution in [3.63, 3.8) is 0 Å². The summed E-state index contributed by atoms with van der Waals surface area (Å²) in [4.78, 5) is 21.3. The molecular weight excluding hydrogens is 307 g/mol. The van der Waals surface area contributed by atoms with Gasteiger partial charge in [0.1, 0.15) is 11.6 Å². The second kappa shape index (κ2) is 7.51. The van der Waals surface area contributed by atoms with Gasteiger partial charge in [-0.15, -0.1) is 0 Å². The lowest BCUT2D eigenvalue weighted by Crippen LogP contribution is -2.44. The molecular formula is C18H21FN4O. The highest BCUT2D eigenvalue weighted by atomic mass is 19.1. The summed E-state index contributed by atoms with van der Waals surface area (Å²) in [6, 6.07) is 11.4. The number of carbonyl (C=O) groups excluding carboxylic acids is 1. The van der Waals surface area contributed by atoms with Crippen LogP contribution in [0.15, 0.2) is 42.5 Å². The number of carbonyl (C=O) groups is 1. The van der Waals surface area contributed by atoms with Gasteiger partial charge in [0, 0.05) is 32.7 Å². The van der Waals surface area contributed by atoms with Crippen molar-refractivity contribution in [1.82, 2.24) is 14.8 Å². The van der Waals surface area contributed by atoms with Gasteiger partial charge in [0.25, 0.3) is 5.91 Å². The summed E-state index contributed by atoms with van der Waals surface area (Å²) < 4.78 is 13.7. The molecule has 24 heavy (non-hydrogen) atoms. The number of likely N-dealkylation sites (N-methyl/N-ethyl adjacent to an activating group) is 1. The first kappa shape index (κ1) is 16.5. The van der Waals surface area contributed by atoms with E-state index in [0.717, 1.165) is 38.4 Å². The first-order valence-electron chi connectivity index (χ1n) is 8.04. The quantitative estimate of drug-likeness (QED) is 0.935. The fourth-order valence-corrected chi connectivity index (χ4v) is 2.70. The van der Waals surface area contributed by atoms with Gasteiger partial charge in [-0.3, -0.25) is 9.69 Å². The summed E-state index contributed by atoms with van der Waals surface area (Å²) in [6.45, 7) is 4.85. The predicted octanol–water partition coefficient (Wildman–Crippen LogP) is 2.22. The van der Waals surface area contributed by atoms with E-state index in [1.54, 1.807) is 18.2 Å². The van der Waals surface area contributed by atoms with Crippen molar-refractivity contribution in [3.05, 3.63) is 59.5 Å². The molecule has 2 heterocycles.